The van der Waals surface area contributed by atoms with Gasteiger partial charge in [0.1, 0.15) is 0 Å². The van der Waals surface area contributed by atoms with Crippen LogP contribution in [-0.4, -0.2) is 30.0 Å². The number of unbranched alkanes of at least 4 members (excludes halogenated alkanes) is 1. The van der Waals surface area contributed by atoms with E-state index < -0.39 is 0 Å². The first-order valence-corrected chi connectivity index (χ1v) is 5.96. The summed E-state index contributed by atoms with van der Waals surface area (Å²) in [6, 6.07) is 0.440. The fourth-order valence-corrected chi connectivity index (χ4v) is 1.48. The molecule has 0 amide bonds. The number of aromatic nitrogens is 2. The smallest absolute Gasteiger partial charge is 0.0534 e. The summed E-state index contributed by atoms with van der Waals surface area (Å²) in [7, 11) is 1.74. The van der Waals surface area contributed by atoms with Gasteiger partial charge in [-0.05, 0) is 33.2 Å². The van der Waals surface area contributed by atoms with Crippen molar-refractivity contribution in [1.82, 2.24) is 15.1 Å². The zero-order valence-electron chi connectivity index (χ0n) is 10.6. The zero-order valence-corrected chi connectivity index (χ0v) is 10.6. The van der Waals surface area contributed by atoms with Crippen molar-refractivity contribution in [3.05, 3.63) is 18.0 Å². The lowest BCUT2D eigenvalue weighted by atomic mass is 10.3. The van der Waals surface area contributed by atoms with Crippen LogP contribution in [0.2, 0.25) is 0 Å². The molecule has 0 bridgehead atoms. The molecule has 0 aliphatic rings. The summed E-state index contributed by atoms with van der Waals surface area (Å²) in [6.45, 7) is 7.06. The van der Waals surface area contributed by atoms with Gasteiger partial charge in [-0.1, -0.05) is 0 Å². The van der Waals surface area contributed by atoms with E-state index in [1.165, 1.54) is 5.56 Å². The van der Waals surface area contributed by atoms with E-state index in [1.807, 2.05) is 10.9 Å². The summed E-state index contributed by atoms with van der Waals surface area (Å²) < 4.78 is 6.98. The van der Waals surface area contributed by atoms with Crippen LogP contribution in [0.15, 0.2) is 12.4 Å². The predicted molar refractivity (Wildman–Crippen MR) is 65.4 cm³/mol. The Hall–Kier alpha value is -0.870. The van der Waals surface area contributed by atoms with Crippen LogP contribution in [0.25, 0.3) is 0 Å². The van der Waals surface area contributed by atoms with Crippen LogP contribution in [0.5, 0.6) is 0 Å². The van der Waals surface area contributed by atoms with Crippen molar-refractivity contribution >= 4 is 0 Å². The van der Waals surface area contributed by atoms with Crippen molar-refractivity contribution in [2.24, 2.45) is 0 Å². The van der Waals surface area contributed by atoms with Gasteiger partial charge in [0.25, 0.3) is 0 Å². The van der Waals surface area contributed by atoms with E-state index in [4.69, 9.17) is 4.74 Å². The van der Waals surface area contributed by atoms with Crippen molar-refractivity contribution in [3.63, 3.8) is 0 Å². The van der Waals surface area contributed by atoms with Crippen LogP contribution in [0, 0.1) is 0 Å². The molecule has 1 aromatic rings. The Balaban J connectivity index is 2.12. The second-order valence-electron chi connectivity index (χ2n) is 4.30. The lowest BCUT2D eigenvalue weighted by molar-refractivity contribution is 0.192. The molecule has 1 N–H and O–H groups in total. The number of rotatable bonds is 8. The molecule has 0 spiro atoms. The lowest BCUT2D eigenvalue weighted by Crippen LogP contribution is -2.14. The first-order chi connectivity index (χ1) is 7.74. The third-order valence-electron chi connectivity index (χ3n) is 2.47. The zero-order chi connectivity index (χ0) is 11.8. The minimum absolute atomic E-state index is 0.440. The average molecular weight is 225 g/mol. The van der Waals surface area contributed by atoms with Crippen molar-refractivity contribution in [1.29, 1.82) is 0 Å². The molecule has 0 radical (unpaired) electrons. The molecule has 92 valence electrons. The van der Waals surface area contributed by atoms with Crippen LogP contribution >= 0.6 is 0 Å². The van der Waals surface area contributed by atoms with Crippen LogP contribution in [0.4, 0.5) is 0 Å². The summed E-state index contributed by atoms with van der Waals surface area (Å²) in [4.78, 5) is 0. The first kappa shape index (κ1) is 13.2. The topological polar surface area (TPSA) is 39.1 Å². The Labute approximate surface area is 98.0 Å². The fourth-order valence-electron chi connectivity index (χ4n) is 1.48. The Morgan fingerprint density at radius 2 is 2.25 bits per heavy atom. The minimum atomic E-state index is 0.440. The molecular formula is C12H23N3O. The van der Waals surface area contributed by atoms with Gasteiger partial charge >= 0.3 is 0 Å². The lowest BCUT2D eigenvalue weighted by Gasteiger charge is -2.04. The Morgan fingerprint density at radius 1 is 1.44 bits per heavy atom. The molecule has 0 fully saturated rings. The predicted octanol–water partition coefficient (Wildman–Crippen LogP) is 1.98. The second-order valence-corrected chi connectivity index (χ2v) is 4.30. The van der Waals surface area contributed by atoms with Gasteiger partial charge in [0, 0.05) is 38.1 Å². The van der Waals surface area contributed by atoms with Crippen LogP contribution in [-0.2, 0) is 11.3 Å². The molecular weight excluding hydrogens is 202 g/mol. The molecule has 0 atom stereocenters. The van der Waals surface area contributed by atoms with Crippen LogP contribution < -0.4 is 5.32 Å². The number of nitrogens with one attached hydrogen (secondary N) is 1. The molecule has 0 saturated heterocycles. The number of methoxy groups -OCH3 is 1. The Morgan fingerprint density at radius 3 is 2.88 bits per heavy atom. The van der Waals surface area contributed by atoms with Crippen molar-refractivity contribution in [2.75, 3.05) is 20.3 Å². The fraction of sp³-hybridized carbons (Fsp3) is 0.750. The van der Waals surface area contributed by atoms with Crippen molar-refractivity contribution in [2.45, 2.75) is 39.3 Å². The van der Waals surface area contributed by atoms with Crippen LogP contribution in [0.3, 0.4) is 0 Å². The molecule has 0 aliphatic carbocycles. The summed E-state index contributed by atoms with van der Waals surface area (Å²) >= 11 is 0. The molecule has 1 heterocycles. The normalized spacial score (nSPS) is 11.2. The highest BCUT2D eigenvalue weighted by Gasteiger charge is 2.00. The van der Waals surface area contributed by atoms with Gasteiger partial charge in [-0.15, -0.1) is 0 Å². The molecule has 0 aromatic carbocycles. The van der Waals surface area contributed by atoms with E-state index in [0.29, 0.717) is 6.04 Å². The number of nitrogens with zero attached hydrogens (tertiary/aromatic N) is 2. The molecule has 4 heteroatoms. The molecule has 0 aliphatic heterocycles. The third-order valence-corrected chi connectivity index (χ3v) is 2.47. The van der Waals surface area contributed by atoms with E-state index in [-0.39, 0.29) is 0 Å². The standard InChI is InChI=1S/C12H23N3O/c1-11(2)15-10-12(9-14-15)8-13-6-4-5-7-16-3/h9-11,13H,4-8H2,1-3H3. The van der Waals surface area contributed by atoms with E-state index in [0.717, 1.165) is 32.5 Å². The number of ether oxygens (including phenoxy) is 1. The Bertz CT molecular complexity index is 284. The van der Waals surface area contributed by atoms with Crippen LogP contribution in [0.1, 0.15) is 38.3 Å². The van der Waals surface area contributed by atoms with E-state index in [9.17, 15) is 0 Å². The summed E-state index contributed by atoms with van der Waals surface area (Å²) in [5.41, 5.74) is 1.25. The quantitative estimate of drug-likeness (QED) is 0.688. The van der Waals surface area contributed by atoms with Gasteiger partial charge in [-0.25, -0.2) is 0 Å². The van der Waals surface area contributed by atoms with Gasteiger partial charge in [0.2, 0.25) is 0 Å². The number of hydrogen-bond donors (Lipinski definition) is 1. The van der Waals surface area contributed by atoms with E-state index in [2.05, 4.69) is 30.5 Å². The number of hydrogen-bond acceptors (Lipinski definition) is 3. The van der Waals surface area contributed by atoms with Gasteiger partial charge in [-0.2, -0.15) is 5.10 Å². The molecule has 0 unspecified atom stereocenters. The summed E-state index contributed by atoms with van der Waals surface area (Å²) in [6.07, 6.45) is 6.32. The highest BCUT2D eigenvalue weighted by atomic mass is 16.5. The summed E-state index contributed by atoms with van der Waals surface area (Å²) in [5.74, 6) is 0. The first-order valence-electron chi connectivity index (χ1n) is 5.96. The maximum Gasteiger partial charge on any atom is 0.0534 e. The van der Waals surface area contributed by atoms with E-state index >= 15 is 0 Å². The molecule has 1 aromatic heterocycles. The van der Waals surface area contributed by atoms with Crippen molar-refractivity contribution < 1.29 is 4.74 Å². The van der Waals surface area contributed by atoms with E-state index in [1.54, 1.807) is 7.11 Å². The summed E-state index contributed by atoms with van der Waals surface area (Å²) in [5, 5.41) is 7.70. The van der Waals surface area contributed by atoms with Gasteiger partial charge in [0.05, 0.1) is 6.20 Å². The highest BCUT2D eigenvalue weighted by molar-refractivity contribution is 5.03. The highest BCUT2D eigenvalue weighted by Crippen LogP contribution is 2.04. The molecule has 16 heavy (non-hydrogen) atoms. The molecule has 4 nitrogen and oxygen atoms in total. The largest absolute Gasteiger partial charge is 0.385 e. The monoisotopic (exact) mass is 225 g/mol. The van der Waals surface area contributed by atoms with Gasteiger partial charge in [0.15, 0.2) is 0 Å². The van der Waals surface area contributed by atoms with Gasteiger partial charge < -0.3 is 10.1 Å². The maximum atomic E-state index is 5.00. The maximum absolute atomic E-state index is 5.00. The second kappa shape index (κ2) is 7.41. The molecule has 1 rings (SSSR count). The minimum Gasteiger partial charge on any atom is -0.385 e. The average Bonchev–Trinajstić information content (AvgIpc) is 2.72. The van der Waals surface area contributed by atoms with Crippen molar-refractivity contribution in [3.8, 4) is 0 Å². The SMILES string of the molecule is COCCCCNCc1cnn(C(C)C)c1. The molecule has 0 saturated carbocycles. The third kappa shape index (κ3) is 4.77. The Kier molecular flexibility index (Phi) is 6.11. The van der Waals surface area contributed by atoms with Gasteiger partial charge in [-0.3, -0.25) is 4.68 Å².